The van der Waals surface area contributed by atoms with Gasteiger partial charge in [0.05, 0.1) is 40.7 Å². The molecule has 0 aliphatic rings. The molecular weight excluding hydrogens is 671 g/mol. The van der Waals surface area contributed by atoms with E-state index in [1.165, 1.54) is 32.6 Å². The summed E-state index contributed by atoms with van der Waals surface area (Å²) in [6.45, 7) is 15.7. The number of hydrogen-bond acceptors (Lipinski definition) is 0. The second-order valence-corrected chi connectivity index (χ2v) is 14.0. The van der Waals surface area contributed by atoms with Gasteiger partial charge in [0.2, 0.25) is 0 Å². The Morgan fingerprint density at radius 1 is 0.327 bits per heavy atom. The van der Waals surface area contributed by atoms with Gasteiger partial charge in [-0.1, -0.05) is 115 Å². The van der Waals surface area contributed by atoms with Crippen LogP contribution in [0, 0.1) is 13.1 Å². The minimum Gasteiger partial charge on any atom is -0.311 e. The molecule has 0 spiro atoms. The molecule has 0 saturated heterocycles. The number of para-hydroxylation sites is 4. The van der Waals surface area contributed by atoms with Crippen LogP contribution in [-0.2, 0) is 0 Å². The molecule has 0 bridgehead atoms. The third kappa shape index (κ3) is 4.51. The molecule has 0 aliphatic carbocycles. The maximum atomic E-state index is 7.94. The van der Waals surface area contributed by atoms with Gasteiger partial charge in [-0.05, 0) is 66.2 Å². The molecule has 8 aromatic carbocycles. The Labute approximate surface area is 316 Å². The average molecular weight is 700 g/mol. The minimum atomic E-state index is 0.558. The van der Waals surface area contributed by atoms with E-state index >= 15 is 0 Å². The van der Waals surface area contributed by atoms with Gasteiger partial charge < -0.3 is 13.7 Å². The summed E-state index contributed by atoms with van der Waals surface area (Å²) in [5.74, 6) is 0. The van der Waals surface area contributed by atoms with E-state index in [9.17, 15) is 0 Å². The number of hydrogen-bond donors (Lipinski definition) is 0. The van der Waals surface area contributed by atoms with Crippen LogP contribution in [0.15, 0.2) is 176 Å². The first-order valence-corrected chi connectivity index (χ1v) is 18.3. The molecule has 0 saturated carbocycles. The van der Waals surface area contributed by atoms with Crippen molar-refractivity contribution in [2.24, 2.45) is 0 Å². The number of fused-ring (bicyclic) bond motifs is 9. The van der Waals surface area contributed by atoms with Crippen molar-refractivity contribution in [1.29, 1.82) is 0 Å². The zero-order valence-electron chi connectivity index (χ0n) is 29.5. The second-order valence-electron chi connectivity index (χ2n) is 14.0. The van der Waals surface area contributed by atoms with Crippen LogP contribution in [0.2, 0.25) is 0 Å². The molecule has 0 fully saturated rings. The molecule has 0 radical (unpaired) electrons. The Bertz CT molecular complexity index is 3420. The summed E-state index contributed by atoms with van der Waals surface area (Å²) in [4.78, 5) is 7.61. The van der Waals surface area contributed by atoms with Gasteiger partial charge in [0.1, 0.15) is 0 Å². The Hall–Kier alpha value is -7.86. The van der Waals surface area contributed by atoms with Crippen LogP contribution in [0.25, 0.3) is 103 Å². The highest BCUT2D eigenvalue weighted by Gasteiger charge is 2.19. The molecule has 254 valence electrons. The van der Waals surface area contributed by atoms with E-state index < -0.39 is 0 Å². The summed E-state index contributed by atoms with van der Waals surface area (Å²) in [6.07, 6.45) is 0. The Morgan fingerprint density at radius 3 is 1.38 bits per heavy atom. The van der Waals surface area contributed by atoms with E-state index in [-0.39, 0.29) is 0 Å². The third-order valence-electron chi connectivity index (χ3n) is 11.0. The lowest BCUT2D eigenvalue weighted by Crippen LogP contribution is -1.99. The molecule has 55 heavy (non-hydrogen) atoms. The van der Waals surface area contributed by atoms with Crippen molar-refractivity contribution in [3.05, 3.63) is 199 Å². The topological polar surface area (TPSA) is 23.5 Å². The number of rotatable bonds is 4. The van der Waals surface area contributed by atoms with E-state index in [2.05, 4.69) is 157 Å². The van der Waals surface area contributed by atoms with Crippen molar-refractivity contribution in [3.8, 4) is 28.2 Å². The molecule has 11 aromatic rings. The van der Waals surface area contributed by atoms with Crippen LogP contribution in [0.5, 0.6) is 0 Å². The molecule has 0 atom stereocenters. The fourth-order valence-corrected chi connectivity index (χ4v) is 8.70. The van der Waals surface area contributed by atoms with Gasteiger partial charge >= 0.3 is 0 Å². The third-order valence-corrected chi connectivity index (χ3v) is 11.0. The first-order chi connectivity index (χ1) is 27.2. The van der Waals surface area contributed by atoms with Crippen LogP contribution in [0.1, 0.15) is 0 Å². The first kappa shape index (κ1) is 30.7. The summed E-state index contributed by atoms with van der Waals surface area (Å²) in [6, 6.07) is 61.6. The highest BCUT2D eigenvalue weighted by molar-refractivity contribution is 6.13. The summed E-state index contributed by atoms with van der Waals surface area (Å²) >= 11 is 0. The van der Waals surface area contributed by atoms with Crippen molar-refractivity contribution < 1.29 is 0 Å². The summed E-state index contributed by atoms with van der Waals surface area (Å²) < 4.78 is 6.97. The summed E-state index contributed by atoms with van der Waals surface area (Å²) in [7, 11) is 0. The van der Waals surface area contributed by atoms with Crippen LogP contribution in [0.3, 0.4) is 0 Å². The fourth-order valence-electron chi connectivity index (χ4n) is 8.70. The predicted molar refractivity (Wildman–Crippen MR) is 227 cm³/mol. The maximum absolute atomic E-state index is 7.94. The van der Waals surface area contributed by atoms with Gasteiger partial charge in [-0.2, -0.15) is 0 Å². The Morgan fingerprint density at radius 2 is 0.782 bits per heavy atom. The molecule has 0 N–H and O–H groups in total. The lowest BCUT2D eigenvalue weighted by Gasteiger charge is -2.17. The molecule has 3 heterocycles. The van der Waals surface area contributed by atoms with Crippen molar-refractivity contribution in [2.45, 2.75) is 0 Å². The van der Waals surface area contributed by atoms with E-state index in [4.69, 9.17) is 13.1 Å². The largest absolute Gasteiger partial charge is 0.311 e. The molecule has 0 amide bonds. The predicted octanol–water partition coefficient (Wildman–Crippen LogP) is 13.7. The molecule has 11 rings (SSSR count). The molecule has 5 nitrogen and oxygen atoms in total. The molecular formula is C50H29N5. The molecule has 0 unspecified atom stereocenters. The highest BCUT2D eigenvalue weighted by atomic mass is 15.0. The van der Waals surface area contributed by atoms with Crippen LogP contribution in [0.4, 0.5) is 11.4 Å². The van der Waals surface area contributed by atoms with E-state index in [0.29, 0.717) is 11.4 Å². The van der Waals surface area contributed by atoms with E-state index in [1.807, 2.05) is 42.5 Å². The van der Waals surface area contributed by atoms with Gasteiger partial charge in [0.25, 0.3) is 0 Å². The zero-order valence-corrected chi connectivity index (χ0v) is 29.5. The molecule has 5 heteroatoms. The van der Waals surface area contributed by atoms with E-state index in [1.54, 1.807) is 0 Å². The first-order valence-electron chi connectivity index (χ1n) is 18.3. The van der Waals surface area contributed by atoms with Gasteiger partial charge in [-0.3, -0.25) is 0 Å². The standard InChI is InChI=1S/C50H29N5/c1-51-33-22-25-37(48(29-33)55-47-21-10-6-17-41(47)42-26-23-34(52-2)30-49(42)55)32-12-11-13-35(28-32)54-46-20-9-5-16-40(46)43-27-24-36(31-50(43)54)53-44-18-7-3-14-38(44)39-15-4-8-19-45(39)53/h3-31H. The molecule has 0 aliphatic heterocycles. The summed E-state index contributed by atoms with van der Waals surface area (Å²) in [5, 5.41) is 7.03. The Balaban J connectivity index is 1.16. The Kier molecular flexibility index (Phi) is 6.61. The molecule has 3 aromatic heterocycles. The van der Waals surface area contributed by atoms with Crippen LogP contribution in [-0.4, -0.2) is 13.7 Å². The fraction of sp³-hybridized carbons (Fsp3) is 0. The minimum absolute atomic E-state index is 0.558. The van der Waals surface area contributed by atoms with Gasteiger partial charge in [-0.15, -0.1) is 0 Å². The van der Waals surface area contributed by atoms with Gasteiger partial charge in [-0.25, -0.2) is 9.69 Å². The highest BCUT2D eigenvalue weighted by Crippen LogP contribution is 2.41. The normalized spacial score (nSPS) is 11.6. The maximum Gasteiger partial charge on any atom is 0.189 e. The van der Waals surface area contributed by atoms with Crippen LogP contribution < -0.4 is 0 Å². The number of aromatic nitrogens is 3. The van der Waals surface area contributed by atoms with Gasteiger partial charge in [0, 0.05) is 60.5 Å². The quantitative estimate of drug-likeness (QED) is 0.163. The number of benzene rings is 8. The summed E-state index contributed by atoms with van der Waals surface area (Å²) in [5.41, 5.74) is 12.8. The van der Waals surface area contributed by atoms with Crippen molar-refractivity contribution in [1.82, 2.24) is 13.7 Å². The monoisotopic (exact) mass is 699 g/mol. The van der Waals surface area contributed by atoms with Crippen molar-refractivity contribution in [2.75, 3.05) is 0 Å². The SMILES string of the molecule is [C-]#[N+]c1ccc(-c2cccc(-n3c4ccccc4c4ccc(-n5c6ccccc6c6ccccc65)cc43)c2)c(-n2c3ccccc3c3ccc([N+]#[C-])cc32)c1. The number of nitrogens with zero attached hydrogens (tertiary/aromatic N) is 5. The lowest BCUT2D eigenvalue weighted by molar-refractivity contribution is 1.15. The average Bonchev–Trinajstić information content (AvgIpc) is 3.88. The smallest absolute Gasteiger partial charge is 0.189 e. The van der Waals surface area contributed by atoms with Crippen molar-refractivity contribution >= 4 is 76.8 Å². The van der Waals surface area contributed by atoms with E-state index in [0.717, 1.165) is 61.0 Å². The van der Waals surface area contributed by atoms with Gasteiger partial charge in [0.15, 0.2) is 11.4 Å². The zero-order chi connectivity index (χ0) is 36.6. The second kappa shape index (κ2) is 11.8. The van der Waals surface area contributed by atoms with Crippen molar-refractivity contribution in [3.63, 3.8) is 0 Å². The van der Waals surface area contributed by atoms with Crippen LogP contribution >= 0.6 is 0 Å². The lowest BCUT2D eigenvalue weighted by atomic mass is 10.0.